The summed E-state index contributed by atoms with van der Waals surface area (Å²) in [7, 11) is 0. The highest BCUT2D eigenvalue weighted by molar-refractivity contribution is 6.32. The molecule has 78 valence electrons. The van der Waals surface area contributed by atoms with Crippen molar-refractivity contribution < 1.29 is 9.50 Å². The Hall–Kier alpha value is -0.760. The van der Waals surface area contributed by atoms with Gasteiger partial charge in [-0.05, 0) is 36.5 Å². The third-order valence-electron chi connectivity index (χ3n) is 2.10. The minimum absolute atomic E-state index is 0.00807. The fourth-order valence-electron chi connectivity index (χ4n) is 1.25. The van der Waals surface area contributed by atoms with E-state index in [1.54, 1.807) is 0 Å². The Morgan fingerprint density at radius 2 is 2.07 bits per heavy atom. The van der Waals surface area contributed by atoms with Crippen LogP contribution < -0.4 is 0 Å². The minimum Gasteiger partial charge on any atom is -0.506 e. The predicted octanol–water partition coefficient (Wildman–Crippen LogP) is 3.77. The fourth-order valence-corrected chi connectivity index (χ4v) is 1.48. The van der Waals surface area contributed by atoms with Gasteiger partial charge in [0.15, 0.2) is 0 Å². The number of aromatic hydroxyl groups is 1. The molecule has 0 aliphatic heterocycles. The maximum atomic E-state index is 12.9. The normalized spacial score (nSPS) is 10.9. The molecule has 14 heavy (non-hydrogen) atoms. The van der Waals surface area contributed by atoms with Crippen molar-refractivity contribution in [3.8, 4) is 5.75 Å². The zero-order chi connectivity index (χ0) is 10.7. The monoisotopic (exact) mass is 216 g/mol. The molecule has 0 aromatic heterocycles. The molecule has 1 rings (SSSR count). The van der Waals surface area contributed by atoms with Crippen molar-refractivity contribution in [3.05, 3.63) is 28.5 Å². The first-order valence-corrected chi connectivity index (χ1v) is 5.05. The zero-order valence-corrected chi connectivity index (χ0v) is 9.11. The van der Waals surface area contributed by atoms with Crippen LogP contribution in [0, 0.1) is 11.7 Å². The van der Waals surface area contributed by atoms with Gasteiger partial charge in [0, 0.05) is 0 Å². The van der Waals surface area contributed by atoms with Gasteiger partial charge in [0.1, 0.15) is 11.6 Å². The summed E-state index contributed by atoms with van der Waals surface area (Å²) in [5.41, 5.74) is 0.587. The van der Waals surface area contributed by atoms with E-state index < -0.39 is 5.82 Å². The van der Waals surface area contributed by atoms with Gasteiger partial charge in [0.2, 0.25) is 0 Å². The average Bonchev–Trinajstić information content (AvgIpc) is 2.08. The highest BCUT2D eigenvalue weighted by Crippen LogP contribution is 2.29. The Labute approximate surface area is 88.5 Å². The van der Waals surface area contributed by atoms with E-state index in [1.807, 2.05) is 0 Å². The van der Waals surface area contributed by atoms with E-state index in [2.05, 4.69) is 13.8 Å². The number of hydrogen-bond acceptors (Lipinski definition) is 1. The largest absolute Gasteiger partial charge is 0.506 e. The van der Waals surface area contributed by atoms with E-state index in [1.165, 1.54) is 6.07 Å². The second kappa shape index (κ2) is 4.65. The van der Waals surface area contributed by atoms with E-state index in [-0.39, 0.29) is 10.8 Å². The molecule has 0 aliphatic rings. The molecule has 0 spiro atoms. The lowest BCUT2D eigenvalue weighted by Gasteiger charge is -2.08. The Balaban J connectivity index is 2.85. The van der Waals surface area contributed by atoms with Crippen LogP contribution in [0.2, 0.25) is 5.02 Å². The van der Waals surface area contributed by atoms with E-state index in [0.717, 1.165) is 12.5 Å². The zero-order valence-electron chi connectivity index (χ0n) is 8.35. The van der Waals surface area contributed by atoms with Gasteiger partial charge in [0.25, 0.3) is 0 Å². The van der Waals surface area contributed by atoms with Crippen LogP contribution in [0.25, 0.3) is 0 Å². The van der Waals surface area contributed by atoms with Crippen molar-refractivity contribution in [2.75, 3.05) is 0 Å². The van der Waals surface area contributed by atoms with E-state index in [4.69, 9.17) is 11.6 Å². The third kappa shape index (κ3) is 2.88. The summed E-state index contributed by atoms with van der Waals surface area (Å²) >= 11 is 5.64. The maximum Gasteiger partial charge on any atom is 0.137 e. The summed E-state index contributed by atoms with van der Waals surface area (Å²) in [5.74, 6) is 0.136. The van der Waals surface area contributed by atoms with Crippen molar-refractivity contribution >= 4 is 11.6 Å². The Bertz CT molecular complexity index is 323. The molecule has 0 unspecified atom stereocenters. The van der Waals surface area contributed by atoms with Crippen molar-refractivity contribution in [1.82, 2.24) is 0 Å². The summed E-state index contributed by atoms with van der Waals surface area (Å²) < 4.78 is 12.9. The molecule has 1 N–H and O–H groups in total. The van der Waals surface area contributed by atoms with E-state index in [0.29, 0.717) is 17.9 Å². The fraction of sp³-hybridized carbons (Fsp3) is 0.455. The molecule has 3 heteroatoms. The Kier molecular flexibility index (Phi) is 3.76. The summed E-state index contributed by atoms with van der Waals surface area (Å²) in [6.45, 7) is 4.16. The first-order chi connectivity index (χ1) is 6.50. The number of benzene rings is 1. The first-order valence-electron chi connectivity index (χ1n) is 4.67. The van der Waals surface area contributed by atoms with Gasteiger partial charge in [-0.2, -0.15) is 0 Å². The predicted molar refractivity (Wildman–Crippen MR) is 56.2 cm³/mol. The van der Waals surface area contributed by atoms with Gasteiger partial charge >= 0.3 is 0 Å². The number of halogens is 2. The number of aryl methyl sites for hydroxylation is 1. The summed E-state index contributed by atoms with van der Waals surface area (Å²) in [4.78, 5) is 0. The summed E-state index contributed by atoms with van der Waals surface area (Å²) in [5, 5.41) is 9.62. The van der Waals surface area contributed by atoms with Crippen LogP contribution in [-0.4, -0.2) is 5.11 Å². The van der Waals surface area contributed by atoms with Gasteiger partial charge in [0.05, 0.1) is 5.02 Å². The molecular formula is C11H14ClFO. The lowest BCUT2D eigenvalue weighted by atomic mass is 10.0. The molecule has 0 fully saturated rings. The second-order valence-electron chi connectivity index (χ2n) is 3.83. The van der Waals surface area contributed by atoms with Crippen LogP contribution in [0.3, 0.4) is 0 Å². The quantitative estimate of drug-likeness (QED) is 0.816. The highest BCUT2D eigenvalue weighted by Gasteiger charge is 2.08. The highest BCUT2D eigenvalue weighted by atomic mass is 35.5. The van der Waals surface area contributed by atoms with Crippen molar-refractivity contribution in [3.63, 3.8) is 0 Å². The van der Waals surface area contributed by atoms with Gasteiger partial charge in [-0.3, -0.25) is 0 Å². The standard InChI is InChI=1S/C11H14ClFO/c1-7(2)3-4-8-5-9(13)6-10(12)11(8)14/h5-7,14H,3-4H2,1-2H3. The average molecular weight is 217 g/mol. The first kappa shape index (κ1) is 11.3. The molecule has 1 aromatic carbocycles. The SMILES string of the molecule is CC(C)CCc1cc(F)cc(Cl)c1O. The lowest BCUT2D eigenvalue weighted by molar-refractivity contribution is 0.461. The van der Waals surface area contributed by atoms with Crippen LogP contribution in [-0.2, 0) is 6.42 Å². The molecule has 0 saturated heterocycles. The number of phenols is 1. The van der Waals surface area contributed by atoms with Crippen LogP contribution in [0.5, 0.6) is 5.75 Å². The van der Waals surface area contributed by atoms with Crippen LogP contribution in [0.15, 0.2) is 12.1 Å². The van der Waals surface area contributed by atoms with Crippen molar-refractivity contribution in [2.24, 2.45) is 5.92 Å². The molecule has 0 radical (unpaired) electrons. The molecule has 0 heterocycles. The molecule has 1 nitrogen and oxygen atoms in total. The Morgan fingerprint density at radius 1 is 1.43 bits per heavy atom. The topological polar surface area (TPSA) is 20.2 Å². The van der Waals surface area contributed by atoms with E-state index >= 15 is 0 Å². The van der Waals surface area contributed by atoms with Gasteiger partial charge in [-0.1, -0.05) is 25.4 Å². The van der Waals surface area contributed by atoms with Gasteiger partial charge in [-0.15, -0.1) is 0 Å². The van der Waals surface area contributed by atoms with Crippen LogP contribution in [0.1, 0.15) is 25.8 Å². The van der Waals surface area contributed by atoms with Gasteiger partial charge < -0.3 is 5.11 Å². The molecule has 0 bridgehead atoms. The third-order valence-corrected chi connectivity index (χ3v) is 2.39. The van der Waals surface area contributed by atoms with E-state index in [9.17, 15) is 9.50 Å². The molecule has 0 atom stereocenters. The van der Waals surface area contributed by atoms with Crippen LogP contribution in [0.4, 0.5) is 4.39 Å². The smallest absolute Gasteiger partial charge is 0.137 e. The van der Waals surface area contributed by atoms with Gasteiger partial charge in [-0.25, -0.2) is 4.39 Å². The number of phenolic OH excluding ortho intramolecular Hbond substituents is 1. The lowest BCUT2D eigenvalue weighted by Crippen LogP contribution is -1.94. The maximum absolute atomic E-state index is 12.9. The van der Waals surface area contributed by atoms with Crippen molar-refractivity contribution in [2.45, 2.75) is 26.7 Å². The van der Waals surface area contributed by atoms with Crippen molar-refractivity contribution in [1.29, 1.82) is 0 Å². The number of rotatable bonds is 3. The molecular weight excluding hydrogens is 203 g/mol. The minimum atomic E-state index is -0.397. The molecule has 0 aliphatic carbocycles. The summed E-state index contributed by atoms with van der Waals surface area (Å²) in [6.07, 6.45) is 1.56. The molecule has 0 saturated carbocycles. The number of hydrogen-bond donors (Lipinski definition) is 1. The summed E-state index contributed by atoms with van der Waals surface area (Å²) in [6, 6.07) is 2.46. The molecule has 0 amide bonds. The molecule has 1 aromatic rings. The Morgan fingerprint density at radius 3 is 2.64 bits per heavy atom. The van der Waals surface area contributed by atoms with Crippen LogP contribution >= 0.6 is 11.6 Å². The second-order valence-corrected chi connectivity index (χ2v) is 4.24.